The van der Waals surface area contributed by atoms with Crippen molar-refractivity contribution in [3.05, 3.63) is 41.4 Å². The van der Waals surface area contributed by atoms with Gasteiger partial charge in [0, 0.05) is 15.8 Å². The quantitative estimate of drug-likeness (QED) is 0.717. The molecular weight excluding hydrogens is 392 g/mol. The van der Waals surface area contributed by atoms with Gasteiger partial charge in [-0.1, -0.05) is 55.1 Å². The van der Waals surface area contributed by atoms with Crippen molar-refractivity contribution < 1.29 is 19.1 Å². The first-order chi connectivity index (χ1) is 13.9. The predicted molar refractivity (Wildman–Crippen MR) is 110 cm³/mol. The van der Waals surface area contributed by atoms with E-state index in [1.165, 1.54) is 6.92 Å². The SMILES string of the molecule is C[C@H](OC(=O)COc1ccc(Cl)c2ccccc12)C(=O)NC1(C#N)CCCCC1. The molecule has 152 valence electrons. The average molecular weight is 415 g/mol. The van der Waals surface area contributed by atoms with Gasteiger partial charge in [0.1, 0.15) is 11.3 Å². The first-order valence-corrected chi connectivity index (χ1v) is 10.0. The third kappa shape index (κ3) is 4.99. The zero-order chi connectivity index (χ0) is 20.9. The molecule has 1 saturated carbocycles. The second-order valence-electron chi connectivity index (χ2n) is 7.26. The van der Waals surface area contributed by atoms with Gasteiger partial charge in [0.25, 0.3) is 5.91 Å². The van der Waals surface area contributed by atoms with E-state index in [1.54, 1.807) is 12.1 Å². The number of benzene rings is 2. The topological polar surface area (TPSA) is 88.4 Å². The second-order valence-corrected chi connectivity index (χ2v) is 7.66. The Morgan fingerprint density at radius 3 is 2.55 bits per heavy atom. The predicted octanol–water partition coefficient (Wildman–Crippen LogP) is 4.15. The molecule has 7 heteroatoms. The van der Waals surface area contributed by atoms with Crippen molar-refractivity contribution in [3.63, 3.8) is 0 Å². The molecule has 29 heavy (non-hydrogen) atoms. The van der Waals surface area contributed by atoms with Crippen LogP contribution in [0.1, 0.15) is 39.0 Å². The maximum atomic E-state index is 12.4. The molecule has 1 aliphatic rings. The van der Waals surface area contributed by atoms with Crippen LogP contribution in [0, 0.1) is 11.3 Å². The Morgan fingerprint density at radius 1 is 1.17 bits per heavy atom. The molecule has 2 aromatic rings. The zero-order valence-corrected chi connectivity index (χ0v) is 17.0. The average Bonchev–Trinajstić information content (AvgIpc) is 2.74. The van der Waals surface area contributed by atoms with E-state index in [9.17, 15) is 14.9 Å². The molecule has 1 amide bonds. The number of hydrogen-bond donors (Lipinski definition) is 1. The number of ether oxygens (including phenoxy) is 2. The summed E-state index contributed by atoms with van der Waals surface area (Å²) < 4.78 is 10.8. The minimum atomic E-state index is -1.01. The van der Waals surface area contributed by atoms with Crippen molar-refractivity contribution in [1.29, 1.82) is 5.26 Å². The van der Waals surface area contributed by atoms with Gasteiger partial charge in [0.15, 0.2) is 12.7 Å². The molecule has 0 spiro atoms. The van der Waals surface area contributed by atoms with Gasteiger partial charge in [0.05, 0.1) is 6.07 Å². The number of fused-ring (bicyclic) bond motifs is 1. The molecule has 0 aromatic heterocycles. The van der Waals surface area contributed by atoms with Crippen LogP contribution in [0.15, 0.2) is 36.4 Å². The van der Waals surface area contributed by atoms with E-state index in [2.05, 4.69) is 11.4 Å². The fraction of sp³-hybridized carbons (Fsp3) is 0.409. The van der Waals surface area contributed by atoms with Crippen molar-refractivity contribution in [3.8, 4) is 11.8 Å². The molecular formula is C22H23ClN2O4. The highest BCUT2D eigenvalue weighted by atomic mass is 35.5. The lowest BCUT2D eigenvalue weighted by molar-refractivity contribution is -0.157. The van der Waals surface area contributed by atoms with Crippen LogP contribution in [0.5, 0.6) is 5.75 Å². The van der Waals surface area contributed by atoms with Crippen LogP contribution in [-0.4, -0.2) is 30.1 Å². The lowest BCUT2D eigenvalue weighted by Gasteiger charge is -2.32. The smallest absolute Gasteiger partial charge is 0.344 e. The normalized spacial score (nSPS) is 16.4. The van der Waals surface area contributed by atoms with Gasteiger partial charge >= 0.3 is 5.97 Å². The summed E-state index contributed by atoms with van der Waals surface area (Å²) in [5, 5.41) is 14.4. The number of carbonyl (C=O) groups is 2. The third-order valence-electron chi connectivity index (χ3n) is 5.14. The number of carbonyl (C=O) groups excluding carboxylic acids is 2. The van der Waals surface area contributed by atoms with E-state index in [0.717, 1.165) is 30.0 Å². The van der Waals surface area contributed by atoms with Gasteiger partial charge in [-0.05, 0) is 31.9 Å². The highest BCUT2D eigenvalue weighted by molar-refractivity contribution is 6.35. The number of nitrogens with one attached hydrogen (secondary N) is 1. The van der Waals surface area contributed by atoms with Crippen molar-refractivity contribution >= 4 is 34.2 Å². The van der Waals surface area contributed by atoms with Crippen molar-refractivity contribution in [2.75, 3.05) is 6.61 Å². The standard InChI is InChI=1S/C22H23ClN2O4/c1-15(21(27)25-22(14-24)11-5-2-6-12-22)29-20(26)13-28-19-10-9-18(23)16-7-3-4-8-17(16)19/h3-4,7-10,15H,2,5-6,11-13H2,1H3,(H,25,27)/t15-/m0/s1. The van der Waals surface area contributed by atoms with Gasteiger partial charge < -0.3 is 14.8 Å². The highest BCUT2D eigenvalue weighted by Crippen LogP contribution is 2.31. The molecule has 0 unspecified atom stereocenters. The molecule has 2 aromatic carbocycles. The fourth-order valence-electron chi connectivity index (χ4n) is 3.54. The molecule has 0 radical (unpaired) electrons. The van der Waals surface area contributed by atoms with Crippen LogP contribution in [0.3, 0.4) is 0 Å². The van der Waals surface area contributed by atoms with Gasteiger partial charge in [-0.3, -0.25) is 4.79 Å². The van der Waals surface area contributed by atoms with Crippen LogP contribution in [-0.2, 0) is 14.3 Å². The summed E-state index contributed by atoms with van der Waals surface area (Å²) >= 11 is 6.18. The van der Waals surface area contributed by atoms with Crippen LogP contribution in [0.4, 0.5) is 0 Å². The molecule has 0 aliphatic heterocycles. The van der Waals surface area contributed by atoms with Gasteiger partial charge in [-0.15, -0.1) is 0 Å². The zero-order valence-electron chi connectivity index (χ0n) is 16.2. The van der Waals surface area contributed by atoms with Crippen molar-refractivity contribution in [2.45, 2.75) is 50.7 Å². The Bertz CT molecular complexity index is 947. The molecule has 0 saturated heterocycles. The van der Waals surface area contributed by atoms with Crippen molar-refractivity contribution in [2.24, 2.45) is 0 Å². The number of hydrogen-bond acceptors (Lipinski definition) is 5. The molecule has 0 bridgehead atoms. The van der Waals surface area contributed by atoms with Crippen molar-refractivity contribution in [1.82, 2.24) is 5.32 Å². The summed E-state index contributed by atoms with van der Waals surface area (Å²) in [7, 11) is 0. The Kier molecular flexibility index (Phi) is 6.60. The minimum absolute atomic E-state index is 0.341. The Balaban J connectivity index is 1.56. The van der Waals surface area contributed by atoms with Gasteiger partial charge in [-0.25, -0.2) is 4.79 Å². The number of nitrogens with zero attached hydrogens (tertiary/aromatic N) is 1. The molecule has 6 nitrogen and oxygen atoms in total. The number of rotatable bonds is 6. The summed E-state index contributed by atoms with van der Waals surface area (Å²) in [6.07, 6.45) is 3.06. The Hall–Kier alpha value is -2.78. The molecule has 0 heterocycles. The van der Waals surface area contributed by atoms with Crippen LogP contribution in [0.25, 0.3) is 10.8 Å². The molecule has 1 aliphatic carbocycles. The van der Waals surface area contributed by atoms with E-state index >= 15 is 0 Å². The summed E-state index contributed by atoms with van der Waals surface area (Å²) in [4.78, 5) is 24.6. The number of esters is 1. The molecule has 1 N–H and O–H groups in total. The summed E-state index contributed by atoms with van der Waals surface area (Å²) in [5.74, 6) is -0.634. The molecule has 1 atom stereocenters. The number of amides is 1. The third-order valence-corrected chi connectivity index (χ3v) is 5.47. The Morgan fingerprint density at radius 2 is 1.86 bits per heavy atom. The number of nitriles is 1. The van der Waals surface area contributed by atoms with Crippen LogP contribution < -0.4 is 10.1 Å². The largest absolute Gasteiger partial charge is 0.481 e. The summed E-state index contributed by atoms with van der Waals surface area (Å²) in [6.45, 7) is 1.14. The van der Waals surface area contributed by atoms with Crippen LogP contribution in [0.2, 0.25) is 5.02 Å². The minimum Gasteiger partial charge on any atom is -0.481 e. The number of halogens is 1. The maximum Gasteiger partial charge on any atom is 0.344 e. The maximum absolute atomic E-state index is 12.4. The second kappa shape index (κ2) is 9.15. The lowest BCUT2D eigenvalue weighted by Crippen LogP contribution is -2.52. The first-order valence-electron chi connectivity index (χ1n) is 9.67. The first kappa shape index (κ1) is 20.9. The van der Waals surface area contributed by atoms with E-state index in [4.69, 9.17) is 21.1 Å². The Labute approximate surface area is 174 Å². The highest BCUT2D eigenvalue weighted by Gasteiger charge is 2.35. The summed E-state index contributed by atoms with van der Waals surface area (Å²) in [5.41, 5.74) is -0.866. The monoisotopic (exact) mass is 414 g/mol. The molecule has 1 fully saturated rings. The molecule has 3 rings (SSSR count). The lowest BCUT2D eigenvalue weighted by atomic mass is 9.83. The van der Waals surface area contributed by atoms with E-state index in [0.29, 0.717) is 23.6 Å². The van der Waals surface area contributed by atoms with Gasteiger partial charge in [0.2, 0.25) is 0 Å². The van der Waals surface area contributed by atoms with E-state index < -0.39 is 23.5 Å². The van der Waals surface area contributed by atoms with E-state index in [-0.39, 0.29) is 6.61 Å². The fourth-order valence-corrected chi connectivity index (χ4v) is 3.77. The van der Waals surface area contributed by atoms with Crippen LogP contribution >= 0.6 is 11.6 Å². The summed E-state index contributed by atoms with van der Waals surface area (Å²) in [6, 6.07) is 13.0. The van der Waals surface area contributed by atoms with E-state index in [1.807, 2.05) is 24.3 Å². The van der Waals surface area contributed by atoms with Gasteiger partial charge in [-0.2, -0.15) is 5.26 Å².